The molecule has 1 aliphatic heterocycles. The predicted octanol–water partition coefficient (Wildman–Crippen LogP) is 3.97. The van der Waals surface area contributed by atoms with Crippen molar-refractivity contribution >= 4 is 22.5 Å². The van der Waals surface area contributed by atoms with Gasteiger partial charge in [-0.2, -0.15) is 0 Å². The van der Waals surface area contributed by atoms with Crippen LogP contribution >= 0.6 is 11.6 Å². The van der Waals surface area contributed by atoms with Crippen LogP contribution in [0.25, 0.3) is 22.2 Å². The second-order valence-corrected chi connectivity index (χ2v) is 8.95. The fraction of sp³-hybridized carbons (Fsp3) is 0.375. The van der Waals surface area contributed by atoms with E-state index in [0.29, 0.717) is 24.5 Å². The lowest BCUT2D eigenvalue weighted by molar-refractivity contribution is -0.00579. The molecular formula is C24H25ClN2O2. The number of aromatic nitrogens is 1. The standard InChI is InChI=1S/C24H25ClN2O2/c25-21-6-4-16(5-7-21)23-20(13-27-9-8-24(29,14-27)15-28)11-19-10-17-2-1-3-18(17)12-22(19)26-23/h4-7,10-12,28-29H,1-3,8-9,13-15H2/t24-/m1/s1. The molecule has 0 bridgehead atoms. The summed E-state index contributed by atoms with van der Waals surface area (Å²) >= 11 is 6.10. The van der Waals surface area contributed by atoms with Gasteiger partial charge in [0, 0.05) is 35.6 Å². The van der Waals surface area contributed by atoms with Crippen molar-refractivity contribution in [3.05, 3.63) is 64.2 Å². The fourth-order valence-electron chi connectivity index (χ4n) is 4.71. The van der Waals surface area contributed by atoms with Gasteiger partial charge in [-0.05, 0) is 72.7 Å². The zero-order chi connectivity index (χ0) is 20.0. The summed E-state index contributed by atoms with van der Waals surface area (Å²) in [5.41, 5.74) is 6.06. The number of aliphatic hydroxyl groups is 2. The third-order valence-corrected chi connectivity index (χ3v) is 6.58. The summed E-state index contributed by atoms with van der Waals surface area (Å²) < 4.78 is 0. The Morgan fingerprint density at radius 3 is 2.55 bits per heavy atom. The van der Waals surface area contributed by atoms with Gasteiger partial charge in [-0.1, -0.05) is 23.7 Å². The molecular weight excluding hydrogens is 384 g/mol. The van der Waals surface area contributed by atoms with Crippen LogP contribution in [0, 0.1) is 0 Å². The molecule has 29 heavy (non-hydrogen) atoms. The lowest BCUT2D eigenvalue weighted by Gasteiger charge is -2.22. The minimum absolute atomic E-state index is 0.199. The van der Waals surface area contributed by atoms with Gasteiger partial charge < -0.3 is 10.2 Å². The average Bonchev–Trinajstić information content (AvgIpc) is 3.33. The molecule has 1 saturated heterocycles. The molecule has 4 nitrogen and oxygen atoms in total. The zero-order valence-electron chi connectivity index (χ0n) is 16.4. The normalized spacial score (nSPS) is 21.8. The van der Waals surface area contributed by atoms with Crippen LogP contribution in [0.5, 0.6) is 0 Å². The molecule has 0 spiro atoms. The molecule has 5 heteroatoms. The first-order valence-corrected chi connectivity index (χ1v) is 10.7. The van der Waals surface area contributed by atoms with E-state index in [1.165, 1.54) is 22.9 Å². The maximum absolute atomic E-state index is 10.4. The largest absolute Gasteiger partial charge is 0.393 e. The first-order valence-electron chi connectivity index (χ1n) is 10.3. The highest BCUT2D eigenvalue weighted by Gasteiger charge is 2.35. The van der Waals surface area contributed by atoms with Crippen molar-refractivity contribution in [2.75, 3.05) is 19.7 Å². The molecule has 2 aromatic carbocycles. The topological polar surface area (TPSA) is 56.6 Å². The summed E-state index contributed by atoms with van der Waals surface area (Å²) in [7, 11) is 0. The number of halogens is 1. The van der Waals surface area contributed by atoms with Crippen molar-refractivity contribution in [2.45, 2.75) is 37.8 Å². The van der Waals surface area contributed by atoms with Gasteiger partial charge >= 0.3 is 0 Å². The second-order valence-electron chi connectivity index (χ2n) is 8.51. The molecule has 0 unspecified atom stereocenters. The average molecular weight is 409 g/mol. The summed E-state index contributed by atoms with van der Waals surface area (Å²) in [6, 6.07) is 14.6. The minimum atomic E-state index is -0.995. The molecule has 150 valence electrons. The zero-order valence-corrected chi connectivity index (χ0v) is 17.1. The van der Waals surface area contributed by atoms with Crippen molar-refractivity contribution in [1.82, 2.24) is 9.88 Å². The van der Waals surface area contributed by atoms with Crippen LogP contribution in [0.4, 0.5) is 0 Å². The van der Waals surface area contributed by atoms with Gasteiger partial charge in [0.25, 0.3) is 0 Å². The van der Waals surface area contributed by atoms with Gasteiger partial charge in [-0.25, -0.2) is 4.98 Å². The number of nitrogens with zero attached hydrogens (tertiary/aromatic N) is 2. The van der Waals surface area contributed by atoms with Crippen LogP contribution in [-0.4, -0.2) is 45.4 Å². The maximum Gasteiger partial charge on any atom is 0.102 e. The molecule has 1 aromatic heterocycles. The Hall–Kier alpha value is -1.98. The molecule has 2 N–H and O–H groups in total. The van der Waals surface area contributed by atoms with Gasteiger partial charge in [0.15, 0.2) is 0 Å². The van der Waals surface area contributed by atoms with Crippen molar-refractivity contribution < 1.29 is 10.2 Å². The van der Waals surface area contributed by atoms with E-state index in [1.54, 1.807) is 0 Å². The number of hydrogen-bond donors (Lipinski definition) is 2. The highest BCUT2D eigenvalue weighted by atomic mass is 35.5. The van der Waals surface area contributed by atoms with Gasteiger partial charge in [0.2, 0.25) is 0 Å². The van der Waals surface area contributed by atoms with Crippen molar-refractivity contribution in [1.29, 1.82) is 0 Å². The monoisotopic (exact) mass is 408 g/mol. The van der Waals surface area contributed by atoms with Crippen LogP contribution in [0.3, 0.4) is 0 Å². The Morgan fingerprint density at radius 2 is 1.83 bits per heavy atom. The Morgan fingerprint density at radius 1 is 1.07 bits per heavy atom. The Kier molecular flexibility index (Phi) is 4.83. The molecule has 3 aromatic rings. The number of hydrogen-bond acceptors (Lipinski definition) is 4. The third-order valence-electron chi connectivity index (χ3n) is 6.32. The predicted molar refractivity (Wildman–Crippen MR) is 116 cm³/mol. The van der Waals surface area contributed by atoms with Crippen LogP contribution in [0.15, 0.2) is 42.5 Å². The van der Waals surface area contributed by atoms with Crippen LogP contribution in [0.1, 0.15) is 29.5 Å². The second kappa shape index (κ2) is 7.37. The Labute approximate surface area is 175 Å². The number of rotatable bonds is 4. The van der Waals surface area contributed by atoms with E-state index in [4.69, 9.17) is 16.6 Å². The number of pyridine rings is 1. The number of β-amino-alcohol motifs (C(OH)–C–C–N with tert-alkyl or cyclic N) is 1. The minimum Gasteiger partial charge on any atom is -0.393 e. The summed E-state index contributed by atoms with van der Waals surface area (Å²) in [6.45, 7) is 1.74. The molecule has 0 saturated carbocycles. The molecule has 2 heterocycles. The first-order chi connectivity index (χ1) is 14.0. The SMILES string of the molecule is OC[C@@]1(O)CCN(Cc2cc3cc4c(cc3nc2-c2ccc(Cl)cc2)CCC4)C1. The van der Waals surface area contributed by atoms with E-state index in [2.05, 4.69) is 23.1 Å². The summed E-state index contributed by atoms with van der Waals surface area (Å²) in [6.07, 6.45) is 4.10. The number of likely N-dealkylation sites (tertiary alicyclic amines) is 1. The third kappa shape index (κ3) is 3.66. The maximum atomic E-state index is 10.4. The van der Waals surface area contributed by atoms with Gasteiger partial charge in [0.05, 0.1) is 17.8 Å². The van der Waals surface area contributed by atoms with E-state index in [1.807, 2.05) is 24.3 Å². The highest BCUT2D eigenvalue weighted by Crippen LogP contribution is 2.33. The smallest absolute Gasteiger partial charge is 0.102 e. The fourth-order valence-corrected chi connectivity index (χ4v) is 4.84. The van der Waals surface area contributed by atoms with Crippen molar-refractivity contribution in [3.8, 4) is 11.3 Å². The molecule has 2 aliphatic rings. The quantitative estimate of drug-likeness (QED) is 0.685. The van der Waals surface area contributed by atoms with E-state index in [-0.39, 0.29) is 6.61 Å². The lowest BCUT2D eigenvalue weighted by Crippen LogP contribution is -2.36. The highest BCUT2D eigenvalue weighted by molar-refractivity contribution is 6.30. The van der Waals surface area contributed by atoms with E-state index >= 15 is 0 Å². The number of aliphatic hydroxyl groups excluding tert-OH is 1. The Balaban J connectivity index is 1.58. The van der Waals surface area contributed by atoms with Crippen LogP contribution < -0.4 is 0 Å². The van der Waals surface area contributed by atoms with Crippen LogP contribution in [-0.2, 0) is 19.4 Å². The molecule has 1 fully saturated rings. The van der Waals surface area contributed by atoms with Crippen molar-refractivity contribution in [2.24, 2.45) is 0 Å². The molecule has 0 radical (unpaired) electrons. The number of benzene rings is 2. The number of fused-ring (bicyclic) bond motifs is 2. The van der Waals surface area contributed by atoms with E-state index in [0.717, 1.165) is 41.7 Å². The summed E-state index contributed by atoms with van der Waals surface area (Å²) in [5, 5.41) is 21.8. The van der Waals surface area contributed by atoms with Crippen molar-refractivity contribution in [3.63, 3.8) is 0 Å². The molecule has 5 rings (SSSR count). The van der Waals surface area contributed by atoms with E-state index < -0.39 is 5.60 Å². The first kappa shape index (κ1) is 19.0. The van der Waals surface area contributed by atoms with Gasteiger partial charge in [-0.15, -0.1) is 0 Å². The van der Waals surface area contributed by atoms with Gasteiger partial charge in [0.1, 0.15) is 5.60 Å². The van der Waals surface area contributed by atoms with E-state index in [9.17, 15) is 10.2 Å². The lowest BCUT2D eigenvalue weighted by atomic mass is 10.00. The number of aryl methyl sites for hydroxylation is 2. The summed E-state index contributed by atoms with van der Waals surface area (Å²) in [4.78, 5) is 7.27. The Bertz CT molecular complexity index is 1070. The van der Waals surface area contributed by atoms with Gasteiger partial charge in [-0.3, -0.25) is 4.90 Å². The molecule has 1 atom stereocenters. The van der Waals surface area contributed by atoms with Crippen LogP contribution in [0.2, 0.25) is 5.02 Å². The molecule has 0 amide bonds. The summed E-state index contributed by atoms with van der Waals surface area (Å²) in [5.74, 6) is 0. The molecule has 1 aliphatic carbocycles.